The van der Waals surface area contributed by atoms with Crippen LogP contribution >= 0.6 is 27.3 Å². The summed E-state index contributed by atoms with van der Waals surface area (Å²) in [5.41, 5.74) is 0. The SMILES string of the molecule is O=Cc1nc(Br)c(C2OCCO2)s1. The van der Waals surface area contributed by atoms with Crippen LogP contribution in [0.3, 0.4) is 0 Å². The molecule has 1 aromatic heterocycles. The molecule has 2 heterocycles. The molecule has 0 unspecified atom stereocenters. The minimum atomic E-state index is -0.361. The number of carbonyl (C=O) groups excluding carboxylic acids is 1. The maximum absolute atomic E-state index is 10.4. The number of ether oxygens (including phenoxy) is 2. The van der Waals surface area contributed by atoms with Gasteiger partial charge in [-0.3, -0.25) is 4.79 Å². The molecule has 1 aliphatic rings. The number of rotatable bonds is 2. The Bertz CT molecular complexity index is 322. The van der Waals surface area contributed by atoms with Crippen molar-refractivity contribution < 1.29 is 14.3 Å². The van der Waals surface area contributed by atoms with Gasteiger partial charge in [0.1, 0.15) is 4.60 Å². The Balaban J connectivity index is 2.27. The zero-order valence-electron chi connectivity index (χ0n) is 6.53. The molecular formula is C7H6BrNO3S. The number of carbonyl (C=O) groups is 1. The van der Waals surface area contributed by atoms with Crippen LogP contribution < -0.4 is 0 Å². The molecule has 4 nitrogen and oxygen atoms in total. The van der Waals surface area contributed by atoms with Crippen molar-refractivity contribution in [2.45, 2.75) is 6.29 Å². The molecule has 1 aromatic rings. The highest BCUT2D eigenvalue weighted by Crippen LogP contribution is 2.33. The molecule has 0 radical (unpaired) electrons. The van der Waals surface area contributed by atoms with Crippen LogP contribution in [0.1, 0.15) is 21.0 Å². The molecule has 1 saturated heterocycles. The van der Waals surface area contributed by atoms with Crippen LogP contribution in [0.5, 0.6) is 0 Å². The quantitative estimate of drug-likeness (QED) is 0.764. The number of aldehydes is 1. The van der Waals surface area contributed by atoms with Gasteiger partial charge in [-0.05, 0) is 15.9 Å². The molecule has 1 fully saturated rings. The van der Waals surface area contributed by atoms with Crippen molar-refractivity contribution >= 4 is 33.6 Å². The van der Waals surface area contributed by atoms with Gasteiger partial charge in [-0.2, -0.15) is 0 Å². The van der Waals surface area contributed by atoms with Crippen molar-refractivity contribution in [1.82, 2.24) is 4.98 Å². The first-order valence-corrected chi connectivity index (χ1v) is 5.27. The average molecular weight is 264 g/mol. The third-order valence-corrected chi connectivity index (χ3v) is 3.43. The summed E-state index contributed by atoms with van der Waals surface area (Å²) < 4.78 is 11.2. The van der Waals surface area contributed by atoms with E-state index in [-0.39, 0.29) is 6.29 Å². The van der Waals surface area contributed by atoms with Gasteiger partial charge in [0.05, 0.1) is 18.1 Å². The highest BCUT2D eigenvalue weighted by Gasteiger charge is 2.24. The van der Waals surface area contributed by atoms with Crippen molar-refractivity contribution in [2.75, 3.05) is 13.2 Å². The smallest absolute Gasteiger partial charge is 0.196 e. The van der Waals surface area contributed by atoms with Gasteiger partial charge in [-0.1, -0.05) is 0 Å². The normalized spacial score (nSPS) is 17.9. The van der Waals surface area contributed by atoms with Crippen molar-refractivity contribution in [3.05, 3.63) is 14.5 Å². The van der Waals surface area contributed by atoms with Gasteiger partial charge in [0.2, 0.25) is 0 Å². The molecule has 0 aliphatic carbocycles. The van der Waals surface area contributed by atoms with Crippen LogP contribution in [-0.2, 0) is 9.47 Å². The zero-order valence-corrected chi connectivity index (χ0v) is 8.93. The Labute approximate surface area is 87.0 Å². The number of hydrogen-bond acceptors (Lipinski definition) is 5. The highest BCUT2D eigenvalue weighted by atomic mass is 79.9. The second kappa shape index (κ2) is 3.83. The lowest BCUT2D eigenvalue weighted by molar-refractivity contribution is -0.0419. The van der Waals surface area contributed by atoms with Gasteiger partial charge in [-0.25, -0.2) is 4.98 Å². The van der Waals surface area contributed by atoms with E-state index < -0.39 is 0 Å². The summed E-state index contributed by atoms with van der Waals surface area (Å²) in [4.78, 5) is 15.2. The molecule has 1 aliphatic heterocycles. The third-order valence-electron chi connectivity index (χ3n) is 1.56. The molecule has 6 heteroatoms. The number of aromatic nitrogens is 1. The van der Waals surface area contributed by atoms with Gasteiger partial charge < -0.3 is 9.47 Å². The lowest BCUT2D eigenvalue weighted by Gasteiger charge is -2.04. The van der Waals surface area contributed by atoms with E-state index in [4.69, 9.17) is 9.47 Å². The Kier molecular flexibility index (Phi) is 2.73. The molecule has 0 N–H and O–H groups in total. The Morgan fingerprint density at radius 3 is 2.77 bits per heavy atom. The standard InChI is InChI=1S/C7H6BrNO3S/c8-6-5(7-11-1-2-12-7)13-4(3-10)9-6/h3,7H,1-2H2. The maximum Gasteiger partial charge on any atom is 0.196 e. The highest BCUT2D eigenvalue weighted by molar-refractivity contribution is 9.10. The molecule has 0 aromatic carbocycles. The maximum atomic E-state index is 10.4. The van der Waals surface area contributed by atoms with Crippen LogP contribution in [0.4, 0.5) is 0 Å². The van der Waals surface area contributed by atoms with Gasteiger partial charge in [0, 0.05) is 0 Å². The molecular weight excluding hydrogens is 258 g/mol. The summed E-state index contributed by atoms with van der Waals surface area (Å²) in [6.45, 7) is 1.18. The molecule has 0 saturated carbocycles. The van der Waals surface area contributed by atoms with Gasteiger partial charge >= 0.3 is 0 Å². The summed E-state index contributed by atoms with van der Waals surface area (Å²) in [6.07, 6.45) is 0.356. The first-order chi connectivity index (χ1) is 6.31. The van der Waals surface area contributed by atoms with Gasteiger partial charge in [0.25, 0.3) is 0 Å². The molecule has 0 atom stereocenters. The van der Waals surface area contributed by atoms with E-state index >= 15 is 0 Å². The van der Waals surface area contributed by atoms with Crippen LogP contribution in [0.15, 0.2) is 4.60 Å². The zero-order chi connectivity index (χ0) is 9.26. The Hall–Kier alpha value is -0.300. The van der Waals surface area contributed by atoms with Crippen LogP contribution in [0.25, 0.3) is 0 Å². The van der Waals surface area contributed by atoms with E-state index in [1.54, 1.807) is 0 Å². The van der Waals surface area contributed by atoms with E-state index in [0.29, 0.717) is 29.1 Å². The van der Waals surface area contributed by atoms with Crippen LogP contribution in [-0.4, -0.2) is 24.5 Å². The molecule has 2 rings (SSSR count). The summed E-state index contributed by atoms with van der Waals surface area (Å²) in [6, 6.07) is 0. The fourth-order valence-electron chi connectivity index (χ4n) is 1.03. The summed E-state index contributed by atoms with van der Waals surface area (Å²) in [5, 5.41) is 0.431. The average Bonchev–Trinajstić information content (AvgIpc) is 2.72. The first-order valence-electron chi connectivity index (χ1n) is 3.66. The van der Waals surface area contributed by atoms with Crippen LogP contribution in [0, 0.1) is 0 Å². The van der Waals surface area contributed by atoms with Crippen molar-refractivity contribution in [3.63, 3.8) is 0 Å². The molecule has 0 bridgehead atoms. The van der Waals surface area contributed by atoms with Crippen molar-refractivity contribution in [3.8, 4) is 0 Å². The fraction of sp³-hybridized carbons (Fsp3) is 0.429. The van der Waals surface area contributed by atoms with E-state index in [2.05, 4.69) is 20.9 Å². The van der Waals surface area contributed by atoms with E-state index in [0.717, 1.165) is 4.88 Å². The van der Waals surface area contributed by atoms with Crippen molar-refractivity contribution in [1.29, 1.82) is 0 Å². The van der Waals surface area contributed by atoms with Gasteiger partial charge in [0.15, 0.2) is 17.6 Å². The molecule has 70 valence electrons. The first kappa shape index (κ1) is 9.26. The monoisotopic (exact) mass is 263 g/mol. The number of nitrogens with zero attached hydrogens (tertiary/aromatic N) is 1. The lowest BCUT2D eigenvalue weighted by Crippen LogP contribution is -1.95. The summed E-state index contributed by atoms with van der Waals surface area (Å²) in [5.74, 6) is 0. The number of hydrogen-bond donors (Lipinski definition) is 0. The van der Waals surface area contributed by atoms with E-state index in [1.165, 1.54) is 11.3 Å². The van der Waals surface area contributed by atoms with E-state index in [9.17, 15) is 4.79 Å². The minimum Gasteiger partial charge on any atom is -0.345 e. The summed E-state index contributed by atoms with van der Waals surface area (Å²) >= 11 is 4.53. The Morgan fingerprint density at radius 1 is 1.54 bits per heavy atom. The lowest BCUT2D eigenvalue weighted by atomic mass is 10.5. The largest absolute Gasteiger partial charge is 0.345 e. The topological polar surface area (TPSA) is 48.4 Å². The molecule has 0 spiro atoms. The Morgan fingerprint density at radius 2 is 2.23 bits per heavy atom. The predicted molar refractivity (Wildman–Crippen MR) is 49.8 cm³/mol. The second-order valence-electron chi connectivity index (χ2n) is 2.40. The summed E-state index contributed by atoms with van der Waals surface area (Å²) in [7, 11) is 0. The fourth-order valence-corrected chi connectivity index (χ4v) is 2.55. The van der Waals surface area contributed by atoms with Crippen molar-refractivity contribution in [2.24, 2.45) is 0 Å². The van der Waals surface area contributed by atoms with E-state index in [1.807, 2.05) is 0 Å². The number of halogens is 1. The minimum absolute atomic E-state index is 0.361. The molecule has 0 amide bonds. The number of thiazole rings is 1. The molecule has 13 heavy (non-hydrogen) atoms. The second-order valence-corrected chi connectivity index (χ2v) is 4.21. The third kappa shape index (κ3) is 1.80. The van der Waals surface area contributed by atoms with Crippen LogP contribution in [0.2, 0.25) is 0 Å². The van der Waals surface area contributed by atoms with Gasteiger partial charge in [-0.15, -0.1) is 11.3 Å². The predicted octanol–water partition coefficient (Wildman–Crippen LogP) is 1.76.